The summed E-state index contributed by atoms with van der Waals surface area (Å²) in [5.74, 6) is 0.0504. The Hall–Kier alpha value is -2.83. The summed E-state index contributed by atoms with van der Waals surface area (Å²) < 4.78 is 10.6. The summed E-state index contributed by atoms with van der Waals surface area (Å²) in [6.07, 6.45) is 0.809. The van der Waals surface area contributed by atoms with Crippen LogP contribution in [0.25, 0.3) is 11.1 Å². The Morgan fingerprint density at radius 2 is 1.77 bits per heavy atom. The molecule has 1 amide bonds. The molecular formula is C23H22ClNO4S. The number of esters is 1. The maximum atomic E-state index is 12.5. The average molecular weight is 444 g/mol. The van der Waals surface area contributed by atoms with Gasteiger partial charge in [0.2, 0.25) is 5.91 Å². The van der Waals surface area contributed by atoms with E-state index in [2.05, 4.69) is 5.32 Å². The van der Waals surface area contributed by atoms with Crippen LogP contribution in [-0.2, 0) is 9.53 Å². The number of thiophene rings is 1. The first-order valence-electron chi connectivity index (χ1n) is 9.45. The van der Waals surface area contributed by atoms with Crippen LogP contribution in [0.5, 0.6) is 5.75 Å². The predicted octanol–water partition coefficient (Wildman–Crippen LogP) is 5.96. The molecule has 0 bridgehead atoms. The fraction of sp³-hybridized carbons (Fsp3) is 0.217. The van der Waals surface area contributed by atoms with E-state index in [4.69, 9.17) is 21.1 Å². The lowest BCUT2D eigenvalue weighted by Gasteiger charge is -2.09. The lowest BCUT2D eigenvalue weighted by molar-refractivity contribution is -0.116. The van der Waals surface area contributed by atoms with Gasteiger partial charge in [-0.15, -0.1) is 11.3 Å². The second-order valence-electron chi connectivity index (χ2n) is 6.55. The van der Waals surface area contributed by atoms with E-state index in [9.17, 15) is 9.59 Å². The number of carbonyl (C=O) groups is 2. The SMILES string of the molecule is COC(=O)c1c(NC(=O)CCCOc2ccc(Cl)cc2)sc(C)c1-c1ccccc1. The molecule has 0 radical (unpaired) electrons. The molecule has 3 aromatic rings. The van der Waals surface area contributed by atoms with Gasteiger partial charge in [0.1, 0.15) is 16.3 Å². The van der Waals surface area contributed by atoms with Crippen molar-refractivity contribution in [3.05, 3.63) is 70.1 Å². The number of amides is 1. The second-order valence-corrected chi connectivity index (χ2v) is 8.21. The number of carbonyl (C=O) groups excluding carboxylic acids is 2. The first-order chi connectivity index (χ1) is 14.5. The molecule has 5 nitrogen and oxygen atoms in total. The van der Waals surface area contributed by atoms with Crippen LogP contribution < -0.4 is 10.1 Å². The second kappa shape index (κ2) is 10.3. The highest BCUT2D eigenvalue weighted by atomic mass is 35.5. The first-order valence-corrected chi connectivity index (χ1v) is 10.6. The zero-order valence-corrected chi connectivity index (χ0v) is 18.3. The Labute approximate surface area is 184 Å². The number of ether oxygens (including phenoxy) is 2. The van der Waals surface area contributed by atoms with Gasteiger partial charge >= 0.3 is 5.97 Å². The number of aryl methyl sites for hydroxylation is 1. The summed E-state index contributed by atoms with van der Waals surface area (Å²) in [5, 5.41) is 4.01. The summed E-state index contributed by atoms with van der Waals surface area (Å²) in [5.41, 5.74) is 2.08. The number of hydrogen-bond donors (Lipinski definition) is 1. The van der Waals surface area contributed by atoms with Crippen molar-refractivity contribution < 1.29 is 19.1 Å². The van der Waals surface area contributed by atoms with Crippen LogP contribution in [0.4, 0.5) is 5.00 Å². The fourth-order valence-electron chi connectivity index (χ4n) is 3.02. The maximum absolute atomic E-state index is 12.5. The smallest absolute Gasteiger partial charge is 0.341 e. The van der Waals surface area contributed by atoms with E-state index in [0.717, 1.165) is 16.0 Å². The topological polar surface area (TPSA) is 64.6 Å². The number of benzene rings is 2. The van der Waals surface area contributed by atoms with E-state index in [1.54, 1.807) is 24.3 Å². The molecule has 0 fully saturated rings. The van der Waals surface area contributed by atoms with Gasteiger partial charge in [0.25, 0.3) is 0 Å². The Kier molecular flexibility index (Phi) is 7.49. The Morgan fingerprint density at radius 1 is 1.07 bits per heavy atom. The third-order valence-corrected chi connectivity index (χ3v) is 5.69. The van der Waals surface area contributed by atoms with Crippen molar-refractivity contribution in [2.24, 2.45) is 0 Å². The van der Waals surface area contributed by atoms with Crippen molar-refractivity contribution in [2.75, 3.05) is 19.0 Å². The van der Waals surface area contributed by atoms with Crippen LogP contribution in [0, 0.1) is 6.92 Å². The standard InChI is InChI=1S/C23H22ClNO4S/c1-15-20(16-7-4-3-5-8-16)21(23(27)28-2)22(30-15)25-19(26)9-6-14-29-18-12-10-17(24)11-13-18/h3-5,7-8,10-13H,6,9,14H2,1-2H3,(H,25,26). The first kappa shape index (κ1) is 21.9. The molecule has 156 valence electrons. The van der Waals surface area contributed by atoms with Gasteiger partial charge in [-0.25, -0.2) is 4.79 Å². The number of methoxy groups -OCH3 is 1. The molecule has 1 heterocycles. The van der Waals surface area contributed by atoms with E-state index in [1.807, 2.05) is 37.3 Å². The monoisotopic (exact) mass is 443 g/mol. The number of anilines is 1. The third kappa shape index (κ3) is 5.40. The van der Waals surface area contributed by atoms with Gasteiger partial charge in [-0.2, -0.15) is 0 Å². The number of hydrogen-bond acceptors (Lipinski definition) is 5. The van der Waals surface area contributed by atoms with Gasteiger partial charge in [-0.3, -0.25) is 4.79 Å². The van der Waals surface area contributed by atoms with Gasteiger partial charge in [0.15, 0.2) is 0 Å². The van der Waals surface area contributed by atoms with Gasteiger partial charge in [-0.05, 0) is 43.2 Å². The van der Waals surface area contributed by atoms with E-state index in [0.29, 0.717) is 34.4 Å². The minimum Gasteiger partial charge on any atom is -0.494 e. The van der Waals surface area contributed by atoms with Crippen LogP contribution in [0.1, 0.15) is 28.1 Å². The van der Waals surface area contributed by atoms with Crippen LogP contribution in [0.3, 0.4) is 0 Å². The highest BCUT2D eigenvalue weighted by Crippen LogP contribution is 2.40. The maximum Gasteiger partial charge on any atom is 0.341 e. The Balaban J connectivity index is 1.66. The molecule has 0 spiro atoms. The zero-order valence-electron chi connectivity index (χ0n) is 16.7. The van der Waals surface area contributed by atoms with E-state index in [-0.39, 0.29) is 12.3 Å². The molecule has 0 atom stereocenters. The number of halogens is 1. The third-order valence-electron chi connectivity index (χ3n) is 4.42. The predicted molar refractivity (Wildman–Crippen MR) is 121 cm³/mol. The molecule has 0 unspecified atom stereocenters. The van der Waals surface area contributed by atoms with Crippen molar-refractivity contribution in [3.8, 4) is 16.9 Å². The van der Waals surface area contributed by atoms with Gasteiger partial charge in [0.05, 0.1) is 13.7 Å². The molecule has 7 heteroatoms. The summed E-state index contributed by atoms with van der Waals surface area (Å²) in [4.78, 5) is 25.9. The minimum atomic E-state index is -0.473. The van der Waals surface area contributed by atoms with Crippen molar-refractivity contribution in [1.82, 2.24) is 0 Å². The van der Waals surface area contributed by atoms with Crippen LogP contribution in [0.15, 0.2) is 54.6 Å². The van der Waals surface area contributed by atoms with Gasteiger partial charge in [-0.1, -0.05) is 41.9 Å². The number of rotatable bonds is 8. The summed E-state index contributed by atoms with van der Waals surface area (Å²) in [6, 6.07) is 16.7. The highest BCUT2D eigenvalue weighted by Gasteiger charge is 2.24. The van der Waals surface area contributed by atoms with Crippen LogP contribution in [-0.4, -0.2) is 25.6 Å². The lowest BCUT2D eigenvalue weighted by Crippen LogP contribution is -2.14. The van der Waals surface area contributed by atoms with Crippen molar-refractivity contribution in [3.63, 3.8) is 0 Å². The highest BCUT2D eigenvalue weighted by molar-refractivity contribution is 7.17. The van der Waals surface area contributed by atoms with Crippen LogP contribution in [0.2, 0.25) is 5.02 Å². The minimum absolute atomic E-state index is 0.180. The fourth-order valence-corrected chi connectivity index (χ4v) is 4.23. The van der Waals surface area contributed by atoms with E-state index < -0.39 is 5.97 Å². The zero-order chi connectivity index (χ0) is 21.5. The van der Waals surface area contributed by atoms with E-state index in [1.165, 1.54) is 18.4 Å². The summed E-state index contributed by atoms with van der Waals surface area (Å²) in [7, 11) is 1.34. The lowest BCUT2D eigenvalue weighted by atomic mass is 10.0. The molecule has 1 aromatic heterocycles. The van der Waals surface area contributed by atoms with Crippen molar-refractivity contribution in [2.45, 2.75) is 19.8 Å². The molecule has 0 aliphatic rings. The Bertz CT molecular complexity index is 1020. The van der Waals surface area contributed by atoms with Crippen molar-refractivity contribution in [1.29, 1.82) is 0 Å². The molecule has 1 N–H and O–H groups in total. The molecule has 0 aliphatic heterocycles. The van der Waals surface area contributed by atoms with Crippen molar-refractivity contribution >= 4 is 39.8 Å². The van der Waals surface area contributed by atoms with Gasteiger partial charge in [0, 0.05) is 21.9 Å². The molecular weight excluding hydrogens is 422 g/mol. The number of nitrogens with one attached hydrogen (secondary N) is 1. The molecule has 0 saturated carbocycles. The largest absolute Gasteiger partial charge is 0.494 e. The normalized spacial score (nSPS) is 10.5. The summed E-state index contributed by atoms with van der Waals surface area (Å²) in [6.45, 7) is 2.33. The average Bonchev–Trinajstić information content (AvgIpc) is 3.08. The molecule has 3 rings (SSSR count). The molecule has 2 aromatic carbocycles. The summed E-state index contributed by atoms with van der Waals surface area (Å²) >= 11 is 7.22. The molecule has 30 heavy (non-hydrogen) atoms. The quantitative estimate of drug-likeness (QED) is 0.344. The Morgan fingerprint density at radius 3 is 2.43 bits per heavy atom. The van der Waals surface area contributed by atoms with E-state index >= 15 is 0 Å². The molecule has 0 aliphatic carbocycles. The van der Waals surface area contributed by atoms with Gasteiger partial charge < -0.3 is 14.8 Å². The molecule has 0 saturated heterocycles. The van der Waals surface area contributed by atoms with Crippen LogP contribution >= 0.6 is 22.9 Å².